The molecule has 3 nitrogen and oxygen atoms in total. The molecule has 0 aliphatic carbocycles. The van der Waals surface area contributed by atoms with Crippen molar-refractivity contribution < 1.29 is 9.90 Å². The van der Waals surface area contributed by atoms with E-state index in [2.05, 4.69) is 15.9 Å². The van der Waals surface area contributed by atoms with Gasteiger partial charge in [-0.05, 0) is 47.0 Å². The molecule has 0 aliphatic rings. The van der Waals surface area contributed by atoms with E-state index in [-0.39, 0.29) is 18.1 Å². The maximum atomic E-state index is 11.5. The number of hydrogen-bond donors (Lipinski definition) is 2. The first-order valence-corrected chi connectivity index (χ1v) is 5.00. The first kappa shape index (κ1) is 11.2. The number of halogens is 1. The van der Waals surface area contributed by atoms with E-state index in [0.29, 0.717) is 10.0 Å². The summed E-state index contributed by atoms with van der Waals surface area (Å²) in [6.07, 6.45) is 0. The minimum absolute atomic E-state index is 0.0245. The Kier molecular flexibility index (Phi) is 3.29. The Morgan fingerprint density at radius 3 is 2.64 bits per heavy atom. The van der Waals surface area contributed by atoms with Gasteiger partial charge in [-0.1, -0.05) is 0 Å². The predicted molar refractivity (Wildman–Crippen MR) is 58.7 cm³/mol. The van der Waals surface area contributed by atoms with E-state index in [9.17, 15) is 9.90 Å². The Hall–Kier alpha value is -0.870. The zero-order valence-corrected chi connectivity index (χ0v) is 9.68. The number of rotatable bonds is 2. The lowest BCUT2D eigenvalue weighted by Crippen LogP contribution is -2.15. The van der Waals surface area contributed by atoms with Gasteiger partial charge in [-0.25, -0.2) is 0 Å². The van der Waals surface area contributed by atoms with Crippen LogP contribution in [0.3, 0.4) is 0 Å². The Morgan fingerprint density at radius 2 is 2.14 bits per heavy atom. The highest BCUT2D eigenvalue weighted by molar-refractivity contribution is 9.10. The van der Waals surface area contributed by atoms with Crippen molar-refractivity contribution >= 4 is 21.7 Å². The number of hydrogen-bond acceptors (Lipinski definition) is 3. The number of carbonyl (C=O) groups is 1. The number of carbonyl (C=O) groups excluding carboxylic acids is 1. The largest absolute Gasteiger partial charge is 0.506 e. The van der Waals surface area contributed by atoms with Gasteiger partial charge < -0.3 is 10.8 Å². The van der Waals surface area contributed by atoms with Crippen LogP contribution in [0.15, 0.2) is 10.5 Å². The molecule has 76 valence electrons. The molecule has 1 aromatic carbocycles. The standard InChI is InChI=1S/C10H12BrNO2/c1-5-3-7(11)10(14)9(6(5)2)8(13)4-12/h3,14H,4,12H2,1-2H3. The summed E-state index contributed by atoms with van der Waals surface area (Å²) in [6.45, 7) is 3.58. The fourth-order valence-electron chi connectivity index (χ4n) is 1.30. The van der Waals surface area contributed by atoms with Crippen LogP contribution < -0.4 is 5.73 Å². The minimum atomic E-state index is -0.246. The average molecular weight is 258 g/mol. The first-order chi connectivity index (χ1) is 6.49. The van der Waals surface area contributed by atoms with Crippen LogP contribution in [0.5, 0.6) is 5.75 Å². The van der Waals surface area contributed by atoms with Gasteiger partial charge >= 0.3 is 0 Å². The van der Waals surface area contributed by atoms with Crippen LogP contribution in [0, 0.1) is 13.8 Å². The molecule has 0 radical (unpaired) electrons. The molecule has 0 amide bonds. The lowest BCUT2D eigenvalue weighted by atomic mass is 9.99. The third-order valence-electron chi connectivity index (χ3n) is 2.24. The second-order valence-electron chi connectivity index (χ2n) is 3.15. The molecule has 1 aromatic rings. The van der Waals surface area contributed by atoms with Gasteiger partial charge in [0.15, 0.2) is 5.78 Å². The second kappa shape index (κ2) is 4.11. The second-order valence-corrected chi connectivity index (χ2v) is 4.01. The molecule has 0 bridgehead atoms. The van der Waals surface area contributed by atoms with Gasteiger partial charge in [0.2, 0.25) is 0 Å². The molecule has 14 heavy (non-hydrogen) atoms. The molecule has 0 aromatic heterocycles. The fourth-order valence-corrected chi connectivity index (χ4v) is 1.85. The molecule has 1 rings (SSSR count). The third-order valence-corrected chi connectivity index (χ3v) is 2.84. The summed E-state index contributed by atoms with van der Waals surface area (Å²) in [5, 5.41) is 9.68. The van der Waals surface area contributed by atoms with Gasteiger partial charge in [-0.2, -0.15) is 0 Å². The highest BCUT2D eigenvalue weighted by Gasteiger charge is 2.16. The van der Waals surface area contributed by atoms with Crippen molar-refractivity contribution in [3.8, 4) is 5.75 Å². The number of aromatic hydroxyl groups is 1. The molecule has 0 unspecified atom stereocenters. The van der Waals surface area contributed by atoms with Crippen molar-refractivity contribution in [2.45, 2.75) is 13.8 Å². The van der Waals surface area contributed by atoms with Crippen LogP contribution in [0.1, 0.15) is 21.5 Å². The van der Waals surface area contributed by atoms with Crippen molar-refractivity contribution in [1.29, 1.82) is 0 Å². The van der Waals surface area contributed by atoms with Crippen molar-refractivity contribution in [2.24, 2.45) is 5.73 Å². The van der Waals surface area contributed by atoms with Crippen LogP contribution in [0.25, 0.3) is 0 Å². The van der Waals surface area contributed by atoms with Crippen LogP contribution in [-0.4, -0.2) is 17.4 Å². The maximum absolute atomic E-state index is 11.5. The highest BCUT2D eigenvalue weighted by Crippen LogP contribution is 2.32. The zero-order valence-electron chi connectivity index (χ0n) is 8.10. The topological polar surface area (TPSA) is 63.3 Å². The van der Waals surface area contributed by atoms with E-state index in [1.54, 1.807) is 13.0 Å². The number of ketones is 1. The molecule has 0 heterocycles. The lowest BCUT2D eigenvalue weighted by Gasteiger charge is -2.10. The van der Waals surface area contributed by atoms with Gasteiger partial charge in [0, 0.05) is 0 Å². The SMILES string of the molecule is Cc1cc(Br)c(O)c(C(=O)CN)c1C. The summed E-state index contributed by atoms with van der Waals surface area (Å²) in [5.74, 6) is -0.270. The number of benzene rings is 1. The van der Waals surface area contributed by atoms with E-state index in [1.165, 1.54) is 0 Å². The van der Waals surface area contributed by atoms with Gasteiger partial charge in [-0.3, -0.25) is 4.79 Å². The van der Waals surface area contributed by atoms with Gasteiger partial charge in [0.25, 0.3) is 0 Å². The average Bonchev–Trinajstić information content (AvgIpc) is 2.15. The summed E-state index contributed by atoms with van der Waals surface area (Å²) in [6, 6.07) is 1.78. The normalized spacial score (nSPS) is 10.3. The molecular weight excluding hydrogens is 246 g/mol. The summed E-state index contributed by atoms with van der Waals surface area (Å²) in [7, 11) is 0. The molecule has 0 aliphatic heterocycles. The number of nitrogens with two attached hydrogens (primary N) is 1. The monoisotopic (exact) mass is 257 g/mol. The molecule has 0 fully saturated rings. The number of Topliss-reactive ketones (excluding diaryl/α,β-unsaturated/α-hetero) is 1. The Bertz CT molecular complexity index is 362. The van der Waals surface area contributed by atoms with Crippen molar-refractivity contribution in [3.05, 3.63) is 27.2 Å². The van der Waals surface area contributed by atoms with E-state index >= 15 is 0 Å². The van der Waals surface area contributed by atoms with Gasteiger partial charge in [-0.15, -0.1) is 0 Å². The molecule has 0 saturated carbocycles. The lowest BCUT2D eigenvalue weighted by molar-refractivity contribution is 0.0998. The fraction of sp³-hybridized carbons (Fsp3) is 0.300. The van der Waals surface area contributed by atoms with Crippen molar-refractivity contribution in [2.75, 3.05) is 6.54 Å². The summed E-state index contributed by atoms with van der Waals surface area (Å²) in [5.41, 5.74) is 7.31. The maximum Gasteiger partial charge on any atom is 0.180 e. The molecular formula is C10H12BrNO2. The number of aryl methyl sites for hydroxylation is 1. The van der Waals surface area contributed by atoms with Crippen LogP contribution >= 0.6 is 15.9 Å². The summed E-state index contributed by atoms with van der Waals surface area (Å²) in [4.78, 5) is 11.5. The Labute approximate surface area is 91.1 Å². The smallest absolute Gasteiger partial charge is 0.180 e. The quantitative estimate of drug-likeness (QED) is 0.796. The molecule has 3 N–H and O–H groups in total. The van der Waals surface area contributed by atoms with Crippen LogP contribution in [0.2, 0.25) is 0 Å². The Morgan fingerprint density at radius 1 is 1.57 bits per heavy atom. The zero-order chi connectivity index (χ0) is 10.9. The van der Waals surface area contributed by atoms with E-state index in [1.807, 2.05) is 6.92 Å². The molecule has 4 heteroatoms. The van der Waals surface area contributed by atoms with E-state index in [4.69, 9.17) is 5.73 Å². The first-order valence-electron chi connectivity index (χ1n) is 4.21. The van der Waals surface area contributed by atoms with Gasteiger partial charge in [0.05, 0.1) is 16.6 Å². The minimum Gasteiger partial charge on any atom is -0.506 e. The number of phenols is 1. The van der Waals surface area contributed by atoms with Crippen molar-refractivity contribution in [3.63, 3.8) is 0 Å². The molecule has 0 atom stereocenters. The Balaban J connectivity index is 3.47. The molecule has 0 spiro atoms. The van der Waals surface area contributed by atoms with Gasteiger partial charge in [0.1, 0.15) is 5.75 Å². The molecule has 0 saturated heterocycles. The number of phenolic OH excluding ortho intramolecular Hbond substituents is 1. The van der Waals surface area contributed by atoms with Crippen molar-refractivity contribution in [1.82, 2.24) is 0 Å². The van der Waals surface area contributed by atoms with E-state index in [0.717, 1.165) is 11.1 Å². The highest BCUT2D eigenvalue weighted by atomic mass is 79.9. The summed E-state index contributed by atoms with van der Waals surface area (Å²) < 4.78 is 0.525. The van der Waals surface area contributed by atoms with Crippen LogP contribution in [-0.2, 0) is 0 Å². The van der Waals surface area contributed by atoms with E-state index < -0.39 is 0 Å². The van der Waals surface area contributed by atoms with Crippen LogP contribution in [0.4, 0.5) is 0 Å². The summed E-state index contributed by atoms with van der Waals surface area (Å²) >= 11 is 3.19. The predicted octanol–water partition coefficient (Wildman–Crippen LogP) is 1.91. The third kappa shape index (κ3) is 1.81.